The minimum absolute atomic E-state index is 0.257. The van der Waals surface area contributed by atoms with Gasteiger partial charge in [0.25, 0.3) is 11.8 Å². The monoisotopic (exact) mass is 391 g/mol. The highest BCUT2D eigenvalue weighted by atomic mass is 19.3. The molecule has 1 saturated heterocycles. The summed E-state index contributed by atoms with van der Waals surface area (Å²) < 4.78 is 33.5. The number of primary amides is 1. The van der Waals surface area contributed by atoms with Crippen molar-refractivity contribution in [1.29, 1.82) is 0 Å². The van der Waals surface area contributed by atoms with E-state index < -0.39 is 29.3 Å². The molecule has 0 radical (unpaired) electrons. The highest BCUT2D eigenvalue weighted by Gasteiger charge is 2.72. The third-order valence-corrected chi connectivity index (χ3v) is 7.96. The number of alkyl halides is 2. The van der Waals surface area contributed by atoms with Crippen LogP contribution in [0.4, 0.5) is 8.78 Å². The Kier molecular flexibility index (Phi) is 4.08. The Balaban J connectivity index is 1.42. The van der Waals surface area contributed by atoms with Crippen LogP contribution in [0.15, 0.2) is 18.3 Å². The van der Waals surface area contributed by atoms with Gasteiger partial charge in [-0.2, -0.15) is 0 Å². The lowest BCUT2D eigenvalue weighted by Gasteiger charge is -2.56. The Hall–Kier alpha value is -1.60. The van der Waals surface area contributed by atoms with Crippen LogP contribution in [0.1, 0.15) is 48.2 Å². The van der Waals surface area contributed by atoms with Crippen LogP contribution in [0.5, 0.6) is 0 Å². The quantitative estimate of drug-likeness (QED) is 0.857. The van der Waals surface area contributed by atoms with Crippen LogP contribution < -0.4 is 5.73 Å². The Morgan fingerprint density at radius 2 is 1.89 bits per heavy atom. The second-order valence-electron chi connectivity index (χ2n) is 9.08. The zero-order valence-electron chi connectivity index (χ0n) is 16.1. The zero-order chi connectivity index (χ0) is 19.7. The molecule has 4 fully saturated rings. The lowest BCUT2D eigenvalue weighted by molar-refractivity contribution is -0.175. The molecule has 1 amide bonds. The molecule has 0 aromatic carbocycles. The molecule has 4 unspecified atom stereocenters. The molecule has 5 rings (SSSR count). The SMILES string of the molecule is COC1(c2ccnc(C(N)=O)c2)C2CCCC1CN(C1CC3[C@H](C1)C3(F)F)C2. The molecule has 3 aliphatic carbocycles. The highest BCUT2D eigenvalue weighted by Crippen LogP contribution is 2.65. The molecule has 0 spiro atoms. The topological polar surface area (TPSA) is 68.5 Å². The van der Waals surface area contributed by atoms with E-state index in [0.717, 1.165) is 37.9 Å². The van der Waals surface area contributed by atoms with E-state index in [4.69, 9.17) is 10.5 Å². The van der Waals surface area contributed by atoms with Crippen LogP contribution in [0.3, 0.4) is 0 Å². The summed E-state index contributed by atoms with van der Waals surface area (Å²) in [4.78, 5) is 18.2. The predicted molar refractivity (Wildman–Crippen MR) is 98.8 cm³/mol. The van der Waals surface area contributed by atoms with Gasteiger partial charge in [-0.25, -0.2) is 8.78 Å². The van der Waals surface area contributed by atoms with E-state index in [1.54, 1.807) is 19.4 Å². The summed E-state index contributed by atoms with van der Waals surface area (Å²) >= 11 is 0. The van der Waals surface area contributed by atoms with Gasteiger partial charge in [0.15, 0.2) is 0 Å². The number of amides is 1. The van der Waals surface area contributed by atoms with Gasteiger partial charge < -0.3 is 10.5 Å². The third kappa shape index (κ3) is 2.48. The number of carbonyl (C=O) groups excluding carboxylic acids is 1. The van der Waals surface area contributed by atoms with Gasteiger partial charge in [0.2, 0.25) is 0 Å². The summed E-state index contributed by atoms with van der Waals surface area (Å²) in [6, 6.07) is 3.98. The fourth-order valence-electron chi connectivity index (χ4n) is 6.58. The van der Waals surface area contributed by atoms with Crippen molar-refractivity contribution >= 4 is 5.91 Å². The molecule has 5 atom stereocenters. The van der Waals surface area contributed by atoms with Gasteiger partial charge >= 0.3 is 0 Å². The van der Waals surface area contributed by atoms with Gasteiger partial charge in [0, 0.05) is 56.1 Å². The summed E-state index contributed by atoms with van der Waals surface area (Å²) in [7, 11) is 1.75. The lowest BCUT2D eigenvalue weighted by atomic mass is 9.62. The molecular formula is C21H27F2N3O2. The fraction of sp³-hybridized carbons (Fsp3) is 0.714. The third-order valence-electron chi connectivity index (χ3n) is 7.96. The van der Waals surface area contributed by atoms with Crippen molar-refractivity contribution in [3.63, 3.8) is 0 Å². The Morgan fingerprint density at radius 3 is 2.46 bits per heavy atom. The minimum atomic E-state index is -2.42. The summed E-state index contributed by atoms with van der Waals surface area (Å²) in [5, 5.41) is 0. The smallest absolute Gasteiger partial charge is 0.267 e. The largest absolute Gasteiger partial charge is 0.373 e. The van der Waals surface area contributed by atoms with Crippen LogP contribution in [0.25, 0.3) is 0 Å². The molecule has 4 aliphatic rings. The van der Waals surface area contributed by atoms with Crippen LogP contribution in [0.2, 0.25) is 0 Å². The van der Waals surface area contributed by atoms with Crippen molar-refractivity contribution in [3.05, 3.63) is 29.6 Å². The predicted octanol–water partition coefficient (Wildman–Crippen LogP) is 2.80. The number of fused-ring (bicyclic) bond motifs is 3. The van der Waals surface area contributed by atoms with Gasteiger partial charge in [-0.3, -0.25) is 14.7 Å². The molecule has 1 aliphatic heterocycles. The van der Waals surface area contributed by atoms with Crippen molar-refractivity contribution in [2.24, 2.45) is 29.4 Å². The summed E-state index contributed by atoms with van der Waals surface area (Å²) in [6.45, 7) is 1.71. The Bertz CT molecular complexity index is 774. The first-order valence-electron chi connectivity index (χ1n) is 10.3. The van der Waals surface area contributed by atoms with Gasteiger partial charge in [0.1, 0.15) is 11.3 Å². The summed E-state index contributed by atoms with van der Waals surface area (Å²) in [5.74, 6) is -3.21. The van der Waals surface area contributed by atoms with Crippen LogP contribution in [0, 0.1) is 23.7 Å². The molecule has 152 valence electrons. The fourth-order valence-corrected chi connectivity index (χ4v) is 6.58. The molecule has 3 saturated carbocycles. The number of hydrogen-bond donors (Lipinski definition) is 1. The average molecular weight is 391 g/mol. The van der Waals surface area contributed by atoms with E-state index in [2.05, 4.69) is 9.88 Å². The van der Waals surface area contributed by atoms with Crippen molar-refractivity contribution in [1.82, 2.24) is 9.88 Å². The van der Waals surface area contributed by atoms with Crippen LogP contribution in [-0.4, -0.2) is 48.0 Å². The number of carbonyl (C=O) groups is 1. The molecule has 2 bridgehead atoms. The van der Waals surface area contributed by atoms with E-state index in [1.165, 1.54) is 0 Å². The maximum Gasteiger partial charge on any atom is 0.267 e. The summed E-state index contributed by atoms with van der Waals surface area (Å²) in [6.07, 6.45) is 6.09. The van der Waals surface area contributed by atoms with E-state index in [-0.39, 0.29) is 23.6 Å². The lowest BCUT2D eigenvalue weighted by Crippen LogP contribution is -2.60. The maximum absolute atomic E-state index is 13.6. The molecule has 7 heteroatoms. The van der Waals surface area contributed by atoms with Crippen LogP contribution in [-0.2, 0) is 10.3 Å². The minimum Gasteiger partial charge on any atom is -0.373 e. The van der Waals surface area contributed by atoms with E-state index in [9.17, 15) is 13.6 Å². The van der Waals surface area contributed by atoms with E-state index >= 15 is 0 Å². The first kappa shape index (κ1) is 18.4. The number of hydrogen-bond acceptors (Lipinski definition) is 4. The molecule has 5 nitrogen and oxygen atoms in total. The van der Waals surface area contributed by atoms with Gasteiger partial charge in [-0.1, -0.05) is 6.42 Å². The van der Waals surface area contributed by atoms with Gasteiger partial charge in [-0.15, -0.1) is 0 Å². The molecular weight excluding hydrogens is 364 g/mol. The van der Waals surface area contributed by atoms with Crippen molar-refractivity contribution in [2.75, 3.05) is 20.2 Å². The molecule has 2 heterocycles. The normalized spacial score (nSPS) is 41.5. The number of aromatic nitrogens is 1. The second-order valence-corrected chi connectivity index (χ2v) is 9.08. The van der Waals surface area contributed by atoms with Gasteiger partial charge in [0.05, 0.1) is 0 Å². The van der Waals surface area contributed by atoms with Crippen molar-refractivity contribution in [3.8, 4) is 0 Å². The number of piperidine rings is 1. The average Bonchev–Trinajstić information content (AvgIpc) is 3.01. The molecule has 2 N–H and O–H groups in total. The van der Waals surface area contributed by atoms with Crippen LogP contribution >= 0.6 is 0 Å². The first-order valence-corrected chi connectivity index (χ1v) is 10.3. The Labute approximate surface area is 163 Å². The molecule has 1 aromatic heterocycles. The molecule has 1 aromatic rings. The number of rotatable bonds is 4. The number of nitrogens with zero attached hydrogens (tertiary/aromatic N) is 2. The number of pyridine rings is 1. The van der Waals surface area contributed by atoms with Crippen molar-refractivity contribution in [2.45, 2.75) is 49.7 Å². The first-order chi connectivity index (χ1) is 13.4. The standard InChI is InChI=1S/C21H27F2N3O2/c1-28-20(12-5-6-25-18(7-12)19(24)27)13-3-2-4-14(20)11-26(10-13)15-8-16-17(9-15)21(16,22)23/h5-7,13-17H,2-4,8-11H2,1H3,(H2,24,27)/t13?,14?,15?,16-,17?,20?/m0/s1. The number of nitrogens with two attached hydrogens (primary N) is 1. The number of halogens is 2. The van der Waals surface area contributed by atoms with Crippen molar-refractivity contribution < 1.29 is 18.3 Å². The van der Waals surface area contributed by atoms with E-state index in [1.807, 2.05) is 6.07 Å². The second kappa shape index (κ2) is 6.20. The van der Waals surface area contributed by atoms with E-state index in [0.29, 0.717) is 12.8 Å². The molecule has 28 heavy (non-hydrogen) atoms. The number of likely N-dealkylation sites (tertiary alicyclic amines) is 1. The maximum atomic E-state index is 13.6. The zero-order valence-corrected chi connectivity index (χ0v) is 16.1. The summed E-state index contributed by atoms with van der Waals surface area (Å²) in [5.41, 5.74) is 6.20. The van der Waals surface area contributed by atoms with Gasteiger partial charge in [-0.05, 0) is 43.4 Å². The highest BCUT2D eigenvalue weighted by molar-refractivity contribution is 5.90. The number of methoxy groups -OCH3 is 1. The Morgan fingerprint density at radius 1 is 1.25 bits per heavy atom. The number of ether oxygens (including phenoxy) is 1.